The first-order valence-electron chi connectivity index (χ1n) is 11.2. The Bertz CT molecular complexity index is 1230. The van der Waals surface area contributed by atoms with Crippen molar-refractivity contribution in [1.82, 2.24) is 14.5 Å². The Morgan fingerprint density at radius 1 is 1.12 bits per heavy atom. The van der Waals surface area contributed by atoms with Gasteiger partial charge in [0.15, 0.2) is 6.61 Å². The molecule has 2 aromatic carbocycles. The number of fused-ring (bicyclic) bond motifs is 1. The molecule has 0 fully saturated rings. The number of anilines is 1. The van der Waals surface area contributed by atoms with Gasteiger partial charge < -0.3 is 15.0 Å². The van der Waals surface area contributed by atoms with E-state index in [9.17, 15) is 9.59 Å². The molecule has 3 aromatic rings. The van der Waals surface area contributed by atoms with E-state index in [4.69, 9.17) is 32.9 Å². The summed E-state index contributed by atoms with van der Waals surface area (Å²) in [5.74, 6) is 0.914. The molecule has 0 bridgehead atoms. The molecular weight excluding hydrogens is 475 g/mol. The van der Waals surface area contributed by atoms with Crippen molar-refractivity contribution in [3.63, 3.8) is 0 Å². The van der Waals surface area contributed by atoms with E-state index in [1.54, 1.807) is 33.7 Å². The topological polar surface area (TPSA) is 76.5 Å². The van der Waals surface area contributed by atoms with Crippen molar-refractivity contribution in [2.45, 2.75) is 39.4 Å². The summed E-state index contributed by atoms with van der Waals surface area (Å²) >= 11 is 11.9. The second kappa shape index (κ2) is 10.5. The van der Waals surface area contributed by atoms with Crippen LogP contribution in [-0.4, -0.2) is 33.5 Å². The zero-order valence-corrected chi connectivity index (χ0v) is 20.6. The Labute approximate surface area is 208 Å². The Balaban J connectivity index is 1.48. The molecule has 1 aliphatic heterocycles. The van der Waals surface area contributed by atoms with Gasteiger partial charge >= 0.3 is 0 Å². The fourth-order valence-corrected chi connectivity index (χ4v) is 4.18. The Morgan fingerprint density at radius 2 is 1.76 bits per heavy atom. The van der Waals surface area contributed by atoms with Gasteiger partial charge in [0, 0.05) is 29.6 Å². The molecule has 178 valence electrons. The lowest BCUT2D eigenvalue weighted by Crippen LogP contribution is -2.43. The van der Waals surface area contributed by atoms with Gasteiger partial charge in [-0.05, 0) is 55.8 Å². The summed E-state index contributed by atoms with van der Waals surface area (Å²) in [5.41, 5.74) is 2.19. The number of halogens is 2. The lowest BCUT2D eigenvalue weighted by atomic mass is 10.1. The van der Waals surface area contributed by atoms with Crippen LogP contribution in [0.2, 0.25) is 10.0 Å². The molecule has 1 atom stereocenters. The molecule has 4 rings (SSSR count). The monoisotopic (exact) mass is 500 g/mol. The number of amides is 1. The summed E-state index contributed by atoms with van der Waals surface area (Å²) in [6.45, 7) is 4.96. The van der Waals surface area contributed by atoms with Crippen LogP contribution in [0.3, 0.4) is 0 Å². The van der Waals surface area contributed by atoms with E-state index in [1.165, 1.54) is 0 Å². The molecule has 34 heavy (non-hydrogen) atoms. The molecule has 0 aliphatic carbocycles. The van der Waals surface area contributed by atoms with E-state index in [1.807, 2.05) is 38.1 Å². The fraction of sp³-hybridized carbons (Fsp3) is 0.320. The van der Waals surface area contributed by atoms with Crippen LogP contribution < -0.4 is 15.6 Å². The molecule has 0 saturated carbocycles. The maximum absolute atomic E-state index is 13.3. The molecule has 0 unspecified atom stereocenters. The molecule has 2 heterocycles. The van der Waals surface area contributed by atoms with Crippen LogP contribution in [-0.2, 0) is 24.3 Å². The molecule has 1 aliphatic rings. The highest BCUT2D eigenvalue weighted by atomic mass is 35.5. The molecular formula is C25H26Cl2N4O3. The average Bonchev–Trinajstić information content (AvgIpc) is 2.84. The molecule has 0 saturated heterocycles. The summed E-state index contributed by atoms with van der Waals surface area (Å²) < 4.78 is 7.20. The van der Waals surface area contributed by atoms with Gasteiger partial charge in [-0.25, -0.2) is 4.98 Å². The second-order valence-electron chi connectivity index (χ2n) is 8.14. The van der Waals surface area contributed by atoms with Crippen molar-refractivity contribution in [1.29, 1.82) is 0 Å². The zero-order chi connectivity index (χ0) is 24.2. The fourth-order valence-electron chi connectivity index (χ4n) is 3.93. The first-order chi connectivity index (χ1) is 16.4. The molecule has 9 heteroatoms. The van der Waals surface area contributed by atoms with Gasteiger partial charge in [0.1, 0.15) is 5.75 Å². The molecule has 1 aromatic heterocycles. The number of hydrogen-bond acceptors (Lipinski definition) is 5. The van der Waals surface area contributed by atoms with Crippen LogP contribution in [0.5, 0.6) is 5.75 Å². The number of aromatic nitrogens is 2. The predicted octanol–water partition coefficient (Wildman–Crippen LogP) is 4.71. The summed E-state index contributed by atoms with van der Waals surface area (Å²) in [6.07, 6.45) is 0.506. The number of nitrogens with zero attached hydrogens (tertiary/aromatic N) is 3. The minimum absolute atomic E-state index is 0.0632. The van der Waals surface area contributed by atoms with E-state index in [0.29, 0.717) is 46.8 Å². The standard InChI is InChI=1S/C25H26Cl2N4O3/c1-3-31-24(33)21-14-30(23(32)15-34-20-10-8-19(27)9-11-20)13-12-22(21)29-25(31)28-16(2)17-4-6-18(26)7-5-17/h4-11,16H,3,12-15H2,1-2H3,(H,28,29)/t16-/m0/s1. The Hall–Kier alpha value is -3.03. The minimum atomic E-state index is -0.179. The first-order valence-corrected chi connectivity index (χ1v) is 11.9. The number of benzene rings is 2. The van der Waals surface area contributed by atoms with E-state index in [-0.39, 0.29) is 30.7 Å². The van der Waals surface area contributed by atoms with Crippen molar-refractivity contribution >= 4 is 35.1 Å². The Morgan fingerprint density at radius 3 is 2.41 bits per heavy atom. The van der Waals surface area contributed by atoms with Crippen LogP contribution in [0.25, 0.3) is 0 Å². The third-order valence-electron chi connectivity index (χ3n) is 5.88. The summed E-state index contributed by atoms with van der Waals surface area (Å²) in [4.78, 5) is 32.4. The van der Waals surface area contributed by atoms with Crippen molar-refractivity contribution in [2.75, 3.05) is 18.5 Å². The maximum Gasteiger partial charge on any atom is 0.260 e. The number of rotatable bonds is 7. The number of nitrogens with one attached hydrogen (secondary N) is 1. The molecule has 1 amide bonds. The molecule has 7 nitrogen and oxygen atoms in total. The Kier molecular flexibility index (Phi) is 7.44. The third-order valence-corrected chi connectivity index (χ3v) is 6.38. The molecule has 1 N–H and O–H groups in total. The lowest BCUT2D eigenvalue weighted by molar-refractivity contribution is -0.134. The smallest absolute Gasteiger partial charge is 0.260 e. The van der Waals surface area contributed by atoms with Gasteiger partial charge in [-0.3, -0.25) is 14.2 Å². The lowest BCUT2D eigenvalue weighted by Gasteiger charge is -2.29. The third kappa shape index (κ3) is 5.37. The van der Waals surface area contributed by atoms with Crippen molar-refractivity contribution in [3.8, 4) is 5.75 Å². The van der Waals surface area contributed by atoms with Crippen molar-refractivity contribution in [2.24, 2.45) is 0 Å². The van der Waals surface area contributed by atoms with Gasteiger partial charge in [-0.15, -0.1) is 0 Å². The van der Waals surface area contributed by atoms with Crippen LogP contribution >= 0.6 is 23.2 Å². The van der Waals surface area contributed by atoms with E-state index in [2.05, 4.69) is 5.32 Å². The van der Waals surface area contributed by atoms with Gasteiger partial charge in [-0.2, -0.15) is 0 Å². The van der Waals surface area contributed by atoms with Crippen LogP contribution in [0, 0.1) is 0 Å². The van der Waals surface area contributed by atoms with E-state index >= 15 is 0 Å². The van der Waals surface area contributed by atoms with Crippen molar-refractivity contribution in [3.05, 3.63) is 85.8 Å². The van der Waals surface area contributed by atoms with Gasteiger partial charge in [0.05, 0.1) is 23.8 Å². The highest BCUT2D eigenvalue weighted by Gasteiger charge is 2.26. The second-order valence-corrected chi connectivity index (χ2v) is 9.01. The summed E-state index contributed by atoms with van der Waals surface area (Å²) in [6, 6.07) is 14.3. The number of hydrogen-bond donors (Lipinski definition) is 1. The number of carbonyl (C=O) groups is 1. The van der Waals surface area contributed by atoms with Crippen LogP contribution in [0.1, 0.15) is 36.7 Å². The SMILES string of the molecule is CCn1c(N[C@@H](C)c2ccc(Cl)cc2)nc2c(c1=O)CN(C(=O)COc1ccc(Cl)cc1)CC2. The normalized spacial score (nSPS) is 13.8. The highest BCUT2D eigenvalue weighted by Crippen LogP contribution is 2.22. The summed E-state index contributed by atoms with van der Waals surface area (Å²) in [7, 11) is 0. The van der Waals surface area contributed by atoms with E-state index in [0.717, 1.165) is 11.3 Å². The largest absolute Gasteiger partial charge is 0.484 e. The zero-order valence-electron chi connectivity index (χ0n) is 19.1. The summed E-state index contributed by atoms with van der Waals surface area (Å²) in [5, 5.41) is 4.64. The number of carbonyl (C=O) groups excluding carboxylic acids is 1. The first kappa shape index (κ1) is 24.1. The maximum atomic E-state index is 13.3. The minimum Gasteiger partial charge on any atom is -0.484 e. The average molecular weight is 501 g/mol. The van der Waals surface area contributed by atoms with Crippen molar-refractivity contribution < 1.29 is 9.53 Å². The van der Waals surface area contributed by atoms with Gasteiger partial charge in [-0.1, -0.05) is 35.3 Å². The van der Waals surface area contributed by atoms with Gasteiger partial charge in [0.25, 0.3) is 11.5 Å². The van der Waals surface area contributed by atoms with Crippen LogP contribution in [0.15, 0.2) is 53.3 Å². The van der Waals surface area contributed by atoms with E-state index < -0.39 is 0 Å². The highest BCUT2D eigenvalue weighted by molar-refractivity contribution is 6.30. The quantitative estimate of drug-likeness (QED) is 0.508. The van der Waals surface area contributed by atoms with Gasteiger partial charge in [0.2, 0.25) is 5.95 Å². The predicted molar refractivity (Wildman–Crippen MR) is 134 cm³/mol. The number of ether oxygens (including phenoxy) is 1. The van der Waals surface area contributed by atoms with Crippen LogP contribution in [0.4, 0.5) is 5.95 Å². The molecule has 0 spiro atoms. The molecule has 0 radical (unpaired) electrons.